The Hall–Kier alpha value is -2.76. The monoisotopic (exact) mass is 254 g/mol. The summed E-state index contributed by atoms with van der Waals surface area (Å²) in [5.41, 5.74) is 3.55. The topological polar surface area (TPSA) is 91.8 Å². The molecule has 2 aromatic heterocycles. The number of aromatic nitrogens is 4. The predicted molar refractivity (Wildman–Crippen MR) is 68.8 cm³/mol. The summed E-state index contributed by atoms with van der Waals surface area (Å²) in [5, 5.41) is 17.2. The molecule has 1 aromatic carbocycles. The molecule has 0 atom stereocenters. The Bertz CT molecular complexity index is 762. The molecule has 0 spiro atoms. The van der Waals surface area contributed by atoms with Crippen LogP contribution >= 0.6 is 0 Å². The van der Waals surface area contributed by atoms with Crippen LogP contribution in [0.5, 0.6) is 0 Å². The van der Waals surface area contributed by atoms with Crippen molar-refractivity contribution in [1.82, 2.24) is 20.2 Å². The van der Waals surface area contributed by atoms with Crippen LogP contribution in [0.25, 0.3) is 22.2 Å². The van der Waals surface area contributed by atoms with Gasteiger partial charge in [0.05, 0.1) is 6.20 Å². The van der Waals surface area contributed by atoms with Gasteiger partial charge < -0.3 is 10.1 Å². The van der Waals surface area contributed by atoms with Gasteiger partial charge in [-0.25, -0.2) is 9.78 Å². The van der Waals surface area contributed by atoms with Crippen molar-refractivity contribution in [2.24, 2.45) is 0 Å². The predicted octanol–water partition coefficient (Wildman–Crippen LogP) is 2.03. The molecule has 0 bridgehead atoms. The molecule has 0 unspecified atom stereocenters. The van der Waals surface area contributed by atoms with Gasteiger partial charge in [-0.05, 0) is 18.6 Å². The van der Waals surface area contributed by atoms with Crippen molar-refractivity contribution in [2.45, 2.75) is 6.92 Å². The van der Waals surface area contributed by atoms with Crippen LogP contribution in [0.15, 0.2) is 30.6 Å². The molecule has 0 saturated heterocycles. The van der Waals surface area contributed by atoms with Crippen molar-refractivity contribution >= 4 is 16.9 Å². The van der Waals surface area contributed by atoms with E-state index >= 15 is 0 Å². The van der Waals surface area contributed by atoms with Crippen LogP contribution in [-0.4, -0.2) is 31.2 Å². The summed E-state index contributed by atoms with van der Waals surface area (Å²) in [6.07, 6.45) is 3.23. The average Bonchev–Trinajstić information content (AvgIpc) is 2.81. The molecule has 6 nitrogen and oxygen atoms in total. The highest BCUT2D eigenvalue weighted by Crippen LogP contribution is 2.26. The molecule has 0 aliphatic carbocycles. The van der Waals surface area contributed by atoms with Crippen molar-refractivity contribution in [3.05, 3.63) is 42.0 Å². The molecular weight excluding hydrogens is 244 g/mol. The maximum Gasteiger partial charge on any atom is 0.375 e. The molecule has 0 radical (unpaired) electrons. The largest absolute Gasteiger partial charge is 0.475 e. The van der Waals surface area contributed by atoms with Crippen molar-refractivity contribution in [1.29, 1.82) is 0 Å². The summed E-state index contributed by atoms with van der Waals surface area (Å²) in [6.45, 7) is 2.02. The number of carboxylic acid groups (broad SMARTS) is 1. The van der Waals surface area contributed by atoms with Gasteiger partial charge in [-0.3, -0.25) is 0 Å². The zero-order valence-electron chi connectivity index (χ0n) is 10.1. The number of nitrogens with zero attached hydrogens (tertiary/aromatic N) is 3. The summed E-state index contributed by atoms with van der Waals surface area (Å²) in [5.74, 6) is -1.49. The first-order valence-corrected chi connectivity index (χ1v) is 5.66. The normalized spacial score (nSPS) is 10.8. The second-order valence-electron chi connectivity index (χ2n) is 4.22. The fourth-order valence-electron chi connectivity index (χ4n) is 1.95. The van der Waals surface area contributed by atoms with Crippen molar-refractivity contribution in [2.75, 3.05) is 0 Å². The third-order valence-electron chi connectivity index (χ3n) is 2.87. The highest BCUT2D eigenvalue weighted by molar-refractivity contribution is 5.94. The van der Waals surface area contributed by atoms with Crippen molar-refractivity contribution < 1.29 is 9.90 Å². The lowest BCUT2D eigenvalue weighted by atomic mass is 10.1. The molecule has 2 heterocycles. The van der Waals surface area contributed by atoms with Gasteiger partial charge in [0.2, 0.25) is 0 Å². The molecule has 0 amide bonds. The Morgan fingerprint density at radius 3 is 2.84 bits per heavy atom. The first-order valence-electron chi connectivity index (χ1n) is 5.66. The zero-order valence-corrected chi connectivity index (χ0v) is 10.1. The summed E-state index contributed by atoms with van der Waals surface area (Å²) in [6, 6.07) is 6.03. The van der Waals surface area contributed by atoms with E-state index in [-0.39, 0.29) is 5.82 Å². The summed E-state index contributed by atoms with van der Waals surface area (Å²) in [4.78, 5) is 17.6. The van der Waals surface area contributed by atoms with Gasteiger partial charge in [0.25, 0.3) is 5.82 Å². The van der Waals surface area contributed by atoms with Crippen LogP contribution in [0.1, 0.15) is 16.2 Å². The van der Waals surface area contributed by atoms with Crippen LogP contribution in [0.4, 0.5) is 0 Å². The number of fused-ring (bicyclic) bond motifs is 1. The van der Waals surface area contributed by atoms with Crippen molar-refractivity contribution in [3.8, 4) is 11.3 Å². The maximum atomic E-state index is 10.7. The molecule has 0 aliphatic rings. The van der Waals surface area contributed by atoms with Gasteiger partial charge >= 0.3 is 5.97 Å². The van der Waals surface area contributed by atoms with E-state index in [2.05, 4.69) is 20.2 Å². The van der Waals surface area contributed by atoms with Gasteiger partial charge in [0.15, 0.2) is 0 Å². The Balaban J connectivity index is 2.11. The fourth-order valence-corrected chi connectivity index (χ4v) is 1.95. The number of aromatic amines is 1. The third-order valence-corrected chi connectivity index (χ3v) is 2.87. The lowest BCUT2D eigenvalue weighted by molar-refractivity contribution is 0.0682. The summed E-state index contributed by atoms with van der Waals surface area (Å²) < 4.78 is 0. The second kappa shape index (κ2) is 4.16. The number of hydrogen-bond donors (Lipinski definition) is 2. The lowest BCUT2D eigenvalue weighted by Crippen LogP contribution is -2.05. The van der Waals surface area contributed by atoms with E-state index in [1.54, 1.807) is 0 Å². The van der Waals surface area contributed by atoms with E-state index in [9.17, 15) is 4.79 Å². The quantitative estimate of drug-likeness (QED) is 0.730. The van der Waals surface area contributed by atoms with E-state index in [1.165, 1.54) is 6.20 Å². The Morgan fingerprint density at radius 2 is 2.16 bits per heavy atom. The minimum Gasteiger partial charge on any atom is -0.475 e. The van der Waals surface area contributed by atoms with Gasteiger partial charge in [0.1, 0.15) is 5.69 Å². The van der Waals surface area contributed by atoms with E-state index in [1.807, 2.05) is 31.3 Å². The first-order chi connectivity index (χ1) is 9.15. The second-order valence-corrected chi connectivity index (χ2v) is 4.22. The third kappa shape index (κ3) is 1.93. The average molecular weight is 254 g/mol. The van der Waals surface area contributed by atoms with Crippen LogP contribution in [0.2, 0.25) is 0 Å². The molecule has 0 aliphatic heterocycles. The van der Waals surface area contributed by atoms with Gasteiger partial charge in [-0.2, -0.15) is 0 Å². The van der Waals surface area contributed by atoms with E-state index in [4.69, 9.17) is 5.11 Å². The van der Waals surface area contributed by atoms with Gasteiger partial charge in [-0.1, -0.05) is 12.1 Å². The molecule has 0 saturated carbocycles. The number of H-pyrrole nitrogens is 1. The smallest absolute Gasteiger partial charge is 0.375 e. The number of aromatic carboxylic acids is 1. The van der Waals surface area contributed by atoms with E-state index in [0.29, 0.717) is 5.69 Å². The highest BCUT2D eigenvalue weighted by atomic mass is 16.4. The Labute approximate surface area is 108 Å². The first kappa shape index (κ1) is 11.3. The zero-order chi connectivity index (χ0) is 13.4. The molecule has 0 fully saturated rings. The maximum absolute atomic E-state index is 10.7. The standard InChI is InChI=1S/C13H10N4O2/c1-7-2-3-8-9(5-14-10(8)4-7)11-6-15-12(13(18)19)17-16-11/h2-6,14H,1H3,(H,18,19). The number of aryl methyl sites for hydroxylation is 1. The molecule has 94 valence electrons. The minimum absolute atomic E-state index is 0.306. The van der Waals surface area contributed by atoms with Crippen LogP contribution in [0, 0.1) is 6.92 Å². The summed E-state index contributed by atoms with van der Waals surface area (Å²) in [7, 11) is 0. The lowest BCUT2D eigenvalue weighted by Gasteiger charge is -1.98. The molecule has 6 heteroatoms. The molecule has 3 rings (SSSR count). The minimum atomic E-state index is -1.19. The fraction of sp³-hybridized carbons (Fsp3) is 0.0769. The number of carbonyl (C=O) groups is 1. The summed E-state index contributed by atoms with van der Waals surface area (Å²) >= 11 is 0. The molecule has 2 N–H and O–H groups in total. The van der Waals surface area contributed by atoms with Crippen LogP contribution in [-0.2, 0) is 0 Å². The van der Waals surface area contributed by atoms with Gasteiger partial charge in [0, 0.05) is 22.7 Å². The number of carboxylic acids is 1. The van der Waals surface area contributed by atoms with Crippen molar-refractivity contribution in [3.63, 3.8) is 0 Å². The van der Waals surface area contributed by atoms with E-state index in [0.717, 1.165) is 22.0 Å². The molecule has 19 heavy (non-hydrogen) atoms. The Morgan fingerprint density at radius 1 is 1.32 bits per heavy atom. The molecular formula is C13H10N4O2. The molecule has 3 aromatic rings. The van der Waals surface area contributed by atoms with Crippen LogP contribution < -0.4 is 0 Å². The van der Waals surface area contributed by atoms with E-state index < -0.39 is 5.97 Å². The van der Waals surface area contributed by atoms with Gasteiger partial charge in [-0.15, -0.1) is 10.2 Å². The number of nitrogens with one attached hydrogen (secondary N) is 1. The Kier molecular flexibility index (Phi) is 2.49. The van der Waals surface area contributed by atoms with Crippen LogP contribution in [0.3, 0.4) is 0 Å². The number of hydrogen-bond acceptors (Lipinski definition) is 4. The SMILES string of the molecule is Cc1ccc2c(-c3cnc(C(=O)O)nn3)c[nH]c2c1. The highest BCUT2D eigenvalue weighted by Gasteiger charge is 2.11. The number of rotatable bonds is 2. The number of benzene rings is 1.